The Morgan fingerprint density at radius 3 is 2.35 bits per heavy atom. The maximum Gasteiger partial charge on any atom is 0.161 e. The van der Waals surface area contributed by atoms with Crippen molar-refractivity contribution in [3.8, 4) is 22.6 Å². The Hall–Kier alpha value is -2.04. The van der Waals surface area contributed by atoms with Crippen molar-refractivity contribution in [1.29, 1.82) is 0 Å². The van der Waals surface area contributed by atoms with Crippen molar-refractivity contribution >= 4 is 0 Å². The van der Waals surface area contributed by atoms with Gasteiger partial charge in [0.2, 0.25) is 0 Å². The first-order valence-electron chi connectivity index (χ1n) is 6.40. The Morgan fingerprint density at radius 2 is 1.70 bits per heavy atom. The van der Waals surface area contributed by atoms with Crippen molar-refractivity contribution in [3.05, 3.63) is 48.0 Å². The summed E-state index contributed by atoms with van der Waals surface area (Å²) in [6.07, 6.45) is -0.643. The molecule has 2 rings (SSSR count). The highest BCUT2D eigenvalue weighted by molar-refractivity contribution is 5.68. The standard InChI is InChI=1S/C16H19NO3/c1-19-15-7-6-12(9-16(15)20-2)11-4-3-5-13(8-11)14(18)10-17/h3-9,14,18H,10,17H2,1-2H3. The van der Waals surface area contributed by atoms with Crippen LogP contribution in [0.4, 0.5) is 0 Å². The van der Waals surface area contributed by atoms with Crippen LogP contribution >= 0.6 is 0 Å². The molecule has 0 amide bonds. The summed E-state index contributed by atoms with van der Waals surface area (Å²) in [5.74, 6) is 1.36. The quantitative estimate of drug-likeness (QED) is 0.877. The van der Waals surface area contributed by atoms with Crippen LogP contribution < -0.4 is 15.2 Å². The zero-order valence-corrected chi connectivity index (χ0v) is 11.7. The van der Waals surface area contributed by atoms with Gasteiger partial charge in [-0.2, -0.15) is 0 Å². The number of hydrogen-bond donors (Lipinski definition) is 2. The highest BCUT2D eigenvalue weighted by atomic mass is 16.5. The van der Waals surface area contributed by atoms with Crippen LogP contribution in [0.2, 0.25) is 0 Å². The maximum absolute atomic E-state index is 9.81. The number of aliphatic hydroxyl groups is 1. The molecule has 0 saturated heterocycles. The minimum atomic E-state index is -0.643. The summed E-state index contributed by atoms with van der Waals surface area (Å²) >= 11 is 0. The summed E-state index contributed by atoms with van der Waals surface area (Å²) in [6, 6.07) is 13.4. The van der Waals surface area contributed by atoms with Crippen LogP contribution in [0, 0.1) is 0 Å². The second-order valence-corrected chi connectivity index (χ2v) is 4.45. The molecule has 4 heteroatoms. The molecule has 20 heavy (non-hydrogen) atoms. The second-order valence-electron chi connectivity index (χ2n) is 4.45. The molecule has 0 heterocycles. The average molecular weight is 273 g/mol. The minimum absolute atomic E-state index is 0.204. The highest BCUT2D eigenvalue weighted by Crippen LogP contribution is 2.32. The molecule has 106 valence electrons. The van der Waals surface area contributed by atoms with Crippen molar-refractivity contribution in [3.63, 3.8) is 0 Å². The molecule has 0 aliphatic rings. The van der Waals surface area contributed by atoms with Crippen LogP contribution in [-0.4, -0.2) is 25.9 Å². The van der Waals surface area contributed by atoms with Crippen molar-refractivity contribution < 1.29 is 14.6 Å². The lowest BCUT2D eigenvalue weighted by atomic mass is 10.0. The Morgan fingerprint density at radius 1 is 1.00 bits per heavy atom. The minimum Gasteiger partial charge on any atom is -0.493 e. The van der Waals surface area contributed by atoms with Crippen molar-refractivity contribution in [2.75, 3.05) is 20.8 Å². The number of ether oxygens (including phenoxy) is 2. The molecule has 1 unspecified atom stereocenters. The van der Waals surface area contributed by atoms with Gasteiger partial charge in [-0.1, -0.05) is 24.3 Å². The number of benzene rings is 2. The van der Waals surface area contributed by atoms with Gasteiger partial charge in [0, 0.05) is 6.54 Å². The summed E-state index contributed by atoms with van der Waals surface area (Å²) in [5, 5.41) is 9.81. The molecule has 0 fully saturated rings. The normalized spacial score (nSPS) is 12.0. The molecule has 0 radical (unpaired) electrons. The van der Waals surface area contributed by atoms with Crippen LogP contribution in [0.3, 0.4) is 0 Å². The lowest BCUT2D eigenvalue weighted by molar-refractivity contribution is 0.187. The Balaban J connectivity index is 2.41. The SMILES string of the molecule is COc1ccc(-c2cccc(C(O)CN)c2)cc1OC. The van der Waals surface area contributed by atoms with E-state index in [-0.39, 0.29) is 6.54 Å². The van der Waals surface area contributed by atoms with E-state index in [1.165, 1.54) is 0 Å². The van der Waals surface area contributed by atoms with E-state index in [1.807, 2.05) is 42.5 Å². The Kier molecular flexibility index (Phi) is 4.61. The maximum atomic E-state index is 9.81. The zero-order chi connectivity index (χ0) is 14.5. The molecular formula is C16H19NO3. The number of hydrogen-bond acceptors (Lipinski definition) is 4. The lowest BCUT2D eigenvalue weighted by Gasteiger charge is -2.12. The third-order valence-corrected chi connectivity index (χ3v) is 3.21. The second kappa shape index (κ2) is 6.41. The first kappa shape index (κ1) is 14.4. The van der Waals surface area contributed by atoms with Crippen LogP contribution in [0.25, 0.3) is 11.1 Å². The highest BCUT2D eigenvalue weighted by Gasteiger charge is 2.09. The van der Waals surface area contributed by atoms with Gasteiger partial charge in [-0.25, -0.2) is 0 Å². The van der Waals surface area contributed by atoms with Crippen molar-refractivity contribution in [2.24, 2.45) is 5.73 Å². The fourth-order valence-corrected chi connectivity index (χ4v) is 2.08. The summed E-state index contributed by atoms with van der Waals surface area (Å²) in [7, 11) is 3.21. The van der Waals surface area contributed by atoms with E-state index < -0.39 is 6.10 Å². The van der Waals surface area contributed by atoms with E-state index in [4.69, 9.17) is 15.2 Å². The van der Waals surface area contributed by atoms with Gasteiger partial charge in [0.25, 0.3) is 0 Å². The van der Waals surface area contributed by atoms with Gasteiger partial charge in [0.05, 0.1) is 20.3 Å². The molecular weight excluding hydrogens is 254 g/mol. The number of rotatable bonds is 5. The van der Waals surface area contributed by atoms with Gasteiger partial charge >= 0.3 is 0 Å². The fourth-order valence-electron chi connectivity index (χ4n) is 2.08. The van der Waals surface area contributed by atoms with Crippen LogP contribution in [0.5, 0.6) is 11.5 Å². The monoisotopic (exact) mass is 273 g/mol. The molecule has 0 bridgehead atoms. The topological polar surface area (TPSA) is 64.7 Å². The summed E-state index contributed by atoms with van der Waals surface area (Å²) in [5.41, 5.74) is 8.29. The van der Waals surface area contributed by atoms with E-state index >= 15 is 0 Å². The van der Waals surface area contributed by atoms with Crippen LogP contribution in [0.1, 0.15) is 11.7 Å². The van der Waals surface area contributed by atoms with Crippen molar-refractivity contribution in [2.45, 2.75) is 6.10 Å². The largest absolute Gasteiger partial charge is 0.493 e. The molecule has 3 N–H and O–H groups in total. The molecule has 0 aromatic heterocycles. The van der Waals surface area contributed by atoms with E-state index in [9.17, 15) is 5.11 Å². The van der Waals surface area contributed by atoms with Gasteiger partial charge in [-0.3, -0.25) is 0 Å². The van der Waals surface area contributed by atoms with Gasteiger partial charge in [-0.15, -0.1) is 0 Å². The molecule has 1 atom stereocenters. The third-order valence-electron chi connectivity index (χ3n) is 3.21. The first-order chi connectivity index (χ1) is 9.69. The Bertz CT molecular complexity index is 584. The molecule has 0 spiro atoms. The summed E-state index contributed by atoms with van der Waals surface area (Å²) in [6.45, 7) is 0.204. The fraction of sp³-hybridized carbons (Fsp3) is 0.250. The zero-order valence-electron chi connectivity index (χ0n) is 11.7. The molecule has 0 aliphatic carbocycles. The van der Waals surface area contributed by atoms with Gasteiger partial charge < -0.3 is 20.3 Å². The third kappa shape index (κ3) is 2.92. The number of methoxy groups -OCH3 is 2. The molecule has 2 aromatic carbocycles. The van der Waals surface area contributed by atoms with Crippen LogP contribution in [-0.2, 0) is 0 Å². The number of aliphatic hydroxyl groups excluding tert-OH is 1. The lowest BCUT2D eigenvalue weighted by Crippen LogP contribution is -2.11. The predicted octanol–water partition coefficient (Wildman–Crippen LogP) is 2.36. The molecule has 0 saturated carbocycles. The summed E-state index contributed by atoms with van der Waals surface area (Å²) < 4.78 is 10.5. The summed E-state index contributed by atoms with van der Waals surface area (Å²) in [4.78, 5) is 0. The van der Waals surface area contributed by atoms with E-state index in [0.717, 1.165) is 16.7 Å². The van der Waals surface area contributed by atoms with E-state index in [0.29, 0.717) is 11.5 Å². The molecule has 4 nitrogen and oxygen atoms in total. The molecule has 0 aliphatic heterocycles. The number of nitrogens with two attached hydrogens (primary N) is 1. The van der Waals surface area contributed by atoms with Crippen molar-refractivity contribution in [1.82, 2.24) is 0 Å². The molecule has 2 aromatic rings. The van der Waals surface area contributed by atoms with Crippen LogP contribution in [0.15, 0.2) is 42.5 Å². The van der Waals surface area contributed by atoms with E-state index in [1.54, 1.807) is 14.2 Å². The smallest absolute Gasteiger partial charge is 0.161 e. The van der Waals surface area contributed by atoms with Gasteiger partial charge in [0.1, 0.15) is 0 Å². The predicted molar refractivity (Wildman–Crippen MR) is 79.0 cm³/mol. The Labute approximate surface area is 118 Å². The van der Waals surface area contributed by atoms with Gasteiger partial charge in [-0.05, 0) is 34.9 Å². The first-order valence-corrected chi connectivity index (χ1v) is 6.40. The average Bonchev–Trinajstić information content (AvgIpc) is 2.53. The van der Waals surface area contributed by atoms with E-state index in [2.05, 4.69) is 0 Å². The van der Waals surface area contributed by atoms with Gasteiger partial charge in [0.15, 0.2) is 11.5 Å².